The zero-order valence-corrected chi connectivity index (χ0v) is 14.8. The van der Waals surface area contributed by atoms with E-state index in [1.54, 1.807) is 20.1 Å². The molecule has 24 heavy (non-hydrogen) atoms. The van der Waals surface area contributed by atoms with Crippen LogP contribution in [0.2, 0.25) is 0 Å². The molecule has 1 aromatic carbocycles. The molecule has 0 fully saturated rings. The van der Waals surface area contributed by atoms with Crippen molar-refractivity contribution in [2.24, 2.45) is 0 Å². The van der Waals surface area contributed by atoms with Gasteiger partial charge in [-0.15, -0.1) is 0 Å². The molecule has 0 radical (unpaired) electrons. The highest BCUT2D eigenvalue weighted by Gasteiger charge is 2.20. The van der Waals surface area contributed by atoms with Gasteiger partial charge in [0.25, 0.3) is 5.91 Å². The van der Waals surface area contributed by atoms with Crippen LogP contribution in [0.3, 0.4) is 0 Å². The molecule has 5 heteroatoms. The number of methoxy groups -OCH3 is 1. The van der Waals surface area contributed by atoms with E-state index in [4.69, 9.17) is 9.15 Å². The average Bonchev–Trinajstić information content (AvgIpc) is 3.04. The summed E-state index contributed by atoms with van der Waals surface area (Å²) in [4.78, 5) is 14.7. The van der Waals surface area contributed by atoms with Gasteiger partial charge in [0.15, 0.2) is 0 Å². The van der Waals surface area contributed by atoms with Gasteiger partial charge in [0.2, 0.25) is 0 Å². The molecule has 5 nitrogen and oxygen atoms in total. The summed E-state index contributed by atoms with van der Waals surface area (Å²) >= 11 is 0. The number of furan rings is 1. The summed E-state index contributed by atoms with van der Waals surface area (Å²) in [5.74, 6) is 1.34. The highest BCUT2D eigenvalue weighted by Crippen LogP contribution is 2.24. The van der Waals surface area contributed by atoms with Gasteiger partial charge in [-0.1, -0.05) is 26.0 Å². The van der Waals surface area contributed by atoms with Crippen molar-refractivity contribution >= 4 is 5.91 Å². The third kappa shape index (κ3) is 4.17. The zero-order chi connectivity index (χ0) is 17.5. The number of carbonyl (C=O) groups is 1. The fourth-order valence-electron chi connectivity index (χ4n) is 2.88. The van der Waals surface area contributed by atoms with Crippen molar-refractivity contribution < 1.29 is 13.9 Å². The Hall–Kier alpha value is -2.27. The molecule has 1 N–H and O–H groups in total. The predicted molar refractivity (Wildman–Crippen MR) is 94.4 cm³/mol. The van der Waals surface area contributed by atoms with Crippen molar-refractivity contribution in [3.05, 3.63) is 53.5 Å². The van der Waals surface area contributed by atoms with Crippen LogP contribution in [-0.4, -0.2) is 37.6 Å². The van der Waals surface area contributed by atoms with Crippen LogP contribution < -0.4 is 10.1 Å². The normalized spacial score (nSPS) is 12.2. The minimum Gasteiger partial charge on any atom is -0.497 e. The van der Waals surface area contributed by atoms with E-state index in [9.17, 15) is 4.79 Å². The van der Waals surface area contributed by atoms with Crippen LogP contribution in [0.4, 0.5) is 0 Å². The monoisotopic (exact) mass is 330 g/mol. The van der Waals surface area contributed by atoms with E-state index in [2.05, 4.69) is 30.1 Å². The molecule has 0 bridgehead atoms. The fourth-order valence-corrected chi connectivity index (χ4v) is 2.88. The number of carbonyl (C=O) groups excluding carboxylic acids is 1. The summed E-state index contributed by atoms with van der Waals surface area (Å²) in [6, 6.07) is 9.79. The standard InChI is InChI=1S/C19H26N2O3/c1-5-21(6-2)18(15-8-7-9-16(12-15)23-4)13-20-19(22)17-10-11-24-14(17)3/h7-12,18H,5-6,13H2,1-4H3,(H,20,22). The van der Waals surface area contributed by atoms with Crippen LogP contribution in [0.15, 0.2) is 41.0 Å². The van der Waals surface area contributed by atoms with Gasteiger partial charge in [0, 0.05) is 6.54 Å². The van der Waals surface area contributed by atoms with Crippen LogP contribution in [0.5, 0.6) is 5.75 Å². The molecule has 0 saturated heterocycles. The number of hydrogen-bond donors (Lipinski definition) is 1. The van der Waals surface area contributed by atoms with E-state index in [1.807, 2.05) is 18.2 Å². The van der Waals surface area contributed by atoms with E-state index in [-0.39, 0.29) is 11.9 Å². The van der Waals surface area contributed by atoms with Crippen molar-refractivity contribution in [2.45, 2.75) is 26.8 Å². The molecule has 1 aromatic heterocycles. The molecule has 2 aromatic rings. The Balaban J connectivity index is 2.17. The maximum atomic E-state index is 12.4. The molecule has 0 spiro atoms. The first-order valence-electron chi connectivity index (χ1n) is 8.31. The Bertz CT molecular complexity index is 662. The second-order valence-electron chi connectivity index (χ2n) is 5.61. The third-order valence-electron chi connectivity index (χ3n) is 4.29. The Morgan fingerprint density at radius 1 is 1.29 bits per heavy atom. The van der Waals surface area contributed by atoms with Crippen molar-refractivity contribution in [1.82, 2.24) is 10.2 Å². The van der Waals surface area contributed by atoms with Gasteiger partial charge in [-0.05, 0) is 43.8 Å². The molecule has 2 rings (SSSR count). The molecule has 1 unspecified atom stereocenters. The van der Waals surface area contributed by atoms with E-state index in [0.29, 0.717) is 17.9 Å². The third-order valence-corrected chi connectivity index (χ3v) is 4.29. The Morgan fingerprint density at radius 2 is 2.04 bits per heavy atom. The lowest BCUT2D eigenvalue weighted by Crippen LogP contribution is -2.38. The van der Waals surface area contributed by atoms with Crippen LogP contribution >= 0.6 is 0 Å². The van der Waals surface area contributed by atoms with E-state index >= 15 is 0 Å². The van der Waals surface area contributed by atoms with E-state index in [1.165, 1.54) is 6.26 Å². The van der Waals surface area contributed by atoms with Crippen molar-refractivity contribution in [3.63, 3.8) is 0 Å². The number of aryl methyl sites for hydroxylation is 1. The van der Waals surface area contributed by atoms with E-state index < -0.39 is 0 Å². The number of nitrogens with zero attached hydrogens (tertiary/aromatic N) is 1. The van der Waals surface area contributed by atoms with Gasteiger partial charge in [-0.25, -0.2) is 0 Å². The lowest BCUT2D eigenvalue weighted by Gasteiger charge is -2.30. The first-order valence-corrected chi connectivity index (χ1v) is 8.31. The maximum absolute atomic E-state index is 12.4. The smallest absolute Gasteiger partial charge is 0.254 e. The number of rotatable bonds is 8. The Morgan fingerprint density at radius 3 is 2.62 bits per heavy atom. The molecular formula is C19H26N2O3. The van der Waals surface area contributed by atoms with Gasteiger partial charge in [-0.3, -0.25) is 9.69 Å². The van der Waals surface area contributed by atoms with E-state index in [0.717, 1.165) is 24.4 Å². The highest BCUT2D eigenvalue weighted by atomic mass is 16.5. The van der Waals surface area contributed by atoms with Crippen LogP contribution in [-0.2, 0) is 0 Å². The molecule has 1 amide bonds. The second-order valence-corrected chi connectivity index (χ2v) is 5.61. The lowest BCUT2D eigenvalue weighted by atomic mass is 10.0. The second kappa shape index (κ2) is 8.55. The summed E-state index contributed by atoms with van der Waals surface area (Å²) < 4.78 is 10.5. The number of benzene rings is 1. The summed E-state index contributed by atoms with van der Waals surface area (Å²) in [5, 5.41) is 3.03. The van der Waals surface area contributed by atoms with Crippen LogP contribution in [0.25, 0.3) is 0 Å². The highest BCUT2D eigenvalue weighted by molar-refractivity contribution is 5.95. The molecule has 0 aliphatic rings. The quantitative estimate of drug-likeness (QED) is 0.806. The zero-order valence-electron chi connectivity index (χ0n) is 14.8. The topological polar surface area (TPSA) is 54.7 Å². The van der Waals surface area contributed by atoms with Crippen LogP contribution in [0, 0.1) is 6.92 Å². The minimum atomic E-state index is -0.110. The van der Waals surface area contributed by atoms with Crippen LogP contribution in [0.1, 0.15) is 41.6 Å². The lowest BCUT2D eigenvalue weighted by molar-refractivity contribution is 0.0933. The molecule has 0 aliphatic carbocycles. The molecule has 130 valence electrons. The summed E-state index contributed by atoms with van der Waals surface area (Å²) in [7, 11) is 1.66. The Labute approximate surface area is 143 Å². The van der Waals surface area contributed by atoms with Gasteiger partial charge in [-0.2, -0.15) is 0 Å². The summed E-state index contributed by atoms with van der Waals surface area (Å²) in [6.07, 6.45) is 1.54. The van der Waals surface area contributed by atoms with Gasteiger partial charge in [0.1, 0.15) is 11.5 Å². The first-order chi connectivity index (χ1) is 11.6. The number of amides is 1. The molecule has 0 aliphatic heterocycles. The molecule has 1 heterocycles. The van der Waals surface area contributed by atoms with Gasteiger partial charge < -0.3 is 14.5 Å². The van der Waals surface area contributed by atoms with Crippen molar-refractivity contribution in [1.29, 1.82) is 0 Å². The maximum Gasteiger partial charge on any atom is 0.254 e. The van der Waals surface area contributed by atoms with Gasteiger partial charge in [0.05, 0.1) is 25.0 Å². The number of ether oxygens (including phenoxy) is 1. The predicted octanol–water partition coefficient (Wildman–Crippen LogP) is 3.41. The largest absolute Gasteiger partial charge is 0.497 e. The minimum absolute atomic E-state index is 0.0891. The summed E-state index contributed by atoms with van der Waals surface area (Å²) in [6.45, 7) is 8.37. The Kier molecular flexibility index (Phi) is 6.44. The van der Waals surface area contributed by atoms with Crippen molar-refractivity contribution in [3.8, 4) is 5.75 Å². The number of likely N-dealkylation sites (N-methyl/N-ethyl adjacent to an activating group) is 1. The number of hydrogen-bond acceptors (Lipinski definition) is 4. The molecule has 1 atom stereocenters. The fraction of sp³-hybridized carbons (Fsp3) is 0.421. The molecule has 0 saturated carbocycles. The number of nitrogens with one attached hydrogen (secondary N) is 1. The average molecular weight is 330 g/mol. The molecular weight excluding hydrogens is 304 g/mol. The first kappa shape index (κ1) is 18.1. The SMILES string of the molecule is CCN(CC)C(CNC(=O)c1ccoc1C)c1cccc(OC)c1. The summed E-state index contributed by atoms with van der Waals surface area (Å²) in [5.41, 5.74) is 1.71. The van der Waals surface area contributed by atoms with Crippen molar-refractivity contribution in [2.75, 3.05) is 26.7 Å². The van der Waals surface area contributed by atoms with Gasteiger partial charge >= 0.3 is 0 Å².